The number of hydrogen-bond donors (Lipinski definition) is 2. The van der Waals surface area contributed by atoms with Gasteiger partial charge in [-0.1, -0.05) is 0 Å². The van der Waals surface area contributed by atoms with Gasteiger partial charge >= 0.3 is 0 Å². The molecule has 0 aliphatic carbocycles. The normalized spacial score (nSPS) is 14.5. The molecule has 0 spiro atoms. The van der Waals surface area contributed by atoms with Gasteiger partial charge in [0.1, 0.15) is 0 Å². The minimum absolute atomic E-state index is 0.0185. The molecule has 1 rings (SSSR count). The molecular formula is C13H18ClN7. The first-order chi connectivity index (χ1) is 9.76. The average molecular weight is 308 g/mol. The Labute approximate surface area is 128 Å². The second-order valence-corrected chi connectivity index (χ2v) is 4.83. The number of halogens is 1. The van der Waals surface area contributed by atoms with Crippen LogP contribution in [-0.4, -0.2) is 26.4 Å². The fraction of sp³-hybridized carbons (Fsp3) is 0.308. The minimum Gasteiger partial charge on any atom is -0.402 e. The van der Waals surface area contributed by atoms with Crippen LogP contribution < -0.4 is 11.5 Å². The van der Waals surface area contributed by atoms with Gasteiger partial charge < -0.3 is 11.5 Å². The third kappa shape index (κ3) is 6.62. The summed E-state index contributed by atoms with van der Waals surface area (Å²) in [5.41, 5.74) is 13.7. The van der Waals surface area contributed by atoms with E-state index in [1.165, 1.54) is 0 Å². The summed E-state index contributed by atoms with van der Waals surface area (Å²) in [6.45, 7) is 7.09. The zero-order valence-electron chi connectivity index (χ0n) is 12.4. The van der Waals surface area contributed by atoms with Crippen molar-refractivity contribution in [3.63, 3.8) is 0 Å². The topological polar surface area (TPSA) is 115 Å². The van der Waals surface area contributed by atoms with Gasteiger partial charge in [0.25, 0.3) is 11.9 Å². The SMILES string of the molecule is CC(N)=CC(C)=Nc1nc(Cl)nc(N=C(C)C=C(C)N)n1. The molecule has 112 valence electrons. The van der Waals surface area contributed by atoms with E-state index < -0.39 is 0 Å². The smallest absolute Gasteiger partial charge is 0.255 e. The van der Waals surface area contributed by atoms with Crippen molar-refractivity contribution in [2.24, 2.45) is 21.5 Å². The third-order valence-corrected chi connectivity index (χ3v) is 2.18. The lowest BCUT2D eigenvalue weighted by Crippen LogP contribution is -1.97. The fourth-order valence-corrected chi connectivity index (χ4v) is 1.62. The van der Waals surface area contributed by atoms with E-state index in [9.17, 15) is 0 Å². The monoisotopic (exact) mass is 307 g/mol. The van der Waals surface area contributed by atoms with Crippen molar-refractivity contribution in [3.05, 3.63) is 28.8 Å². The van der Waals surface area contributed by atoms with Crippen molar-refractivity contribution in [3.8, 4) is 0 Å². The molecule has 0 saturated heterocycles. The van der Waals surface area contributed by atoms with Crippen molar-refractivity contribution in [2.75, 3.05) is 0 Å². The highest BCUT2D eigenvalue weighted by atomic mass is 35.5. The summed E-state index contributed by atoms with van der Waals surface area (Å²) < 4.78 is 0. The van der Waals surface area contributed by atoms with E-state index in [2.05, 4.69) is 24.9 Å². The van der Waals surface area contributed by atoms with E-state index in [4.69, 9.17) is 23.1 Å². The molecule has 1 aromatic rings. The number of hydrogen-bond acceptors (Lipinski definition) is 7. The first-order valence-corrected chi connectivity index (χ1v) is 6.54. The molecule has 1 aromatic heterocycles. The van der Waals surface area contributed by atoms with Crippen LogP contribution >= 0.6 is 11.6 Å². The summed E-state index contributed by atoms with van der Waals surface area (Å²) in [6.07, 6.45) is 3.40. The number of aliphatic imine (C=N–C) groups is 2. The van der Waals surface area contributed by atoms with Crippen LogP contribution in [0.15, 0.2) is 33.5 Å². The Hall–Kier alpha value is -2.28. The molecule has 21 heavy (non-hydrogen) atoms. The summed E-state index contributed by atoms with van der Waals surface area (Å²) in [5, 5.41) is 0.0185. The van der Waals surface area contributed by atoms with Crippen molar-refractivity contribution in [2.45, 2.75) is 27.7 Å². The Morgan fingerprint density at radius 3 is 1.57 bits per heavy atom. The van der Waals surface area contributed by atoms with Crippen molar-refractivity contribution >= 4 is 34.9 Å². The van der Waals surface area contributed by atoms with Crippen molar-refractivity contribution in [1.82, 2.24) is 15.0 Å². The first kappa shape index (κ1) is 16.8. The van der Waals surface area contributed by atoms with Crippen LogP contribution in [0.2, 0.25) is 5.28 Å². The molecule has 0 fully saturated rings. The summed E-state index contributed by atoms with van der Waals surface area (Å²) in [6, 6.07) is 0. The standard InChI is InChI=1S/C13H18ClN7/c1-7(15)5-9(3)17-12-19-11(14)20-13(21-12)18-10(4)6-8(2)16/h5-6H,15-16H2,1-4H3. The summed E-state index contributed by atoms with van der Waals surface area (Å²) >= 11 is 5.85. The van der Waals surface area contributed by atoms with E-state index in [1.807, 2.05) is 0 Å². The van der Waals surface area contributed by atoms with E-state index in [1.54, 1.807) is 39.8 Å². The molecule has 0 amide bonds. The molecule has 7 nitrogen and oxygen atoms in total. The van der Waals surface area contributed by atoms with Gasteiger partial charge in [0.2, 0.25) is 5.28 Å². The van der Waals surface area contributed by atoms with Gasteiger partial charge in [-0.3, -0.25) is 0 Å². The van der Waals surface area contributed by atoms with Crippen molar-refractivity contribution in [1.29, 1.82) is 0 Å². The molecule has 8 heteroatoms. The lowest BCUT2D eigenvalue weighted by Gasteiger charge is -1.99. The fourth-order valence-electron chi connectivity index (χ4n) is 1.47. The van der Waals surface area contributed by atoms with Crippen LogP contribution in [-0.2, 0) is 0 Å². The third-order valence-electron chi connectivity index (χ3n) is 2.01. The van der Waals surface area contributed by atoms with Gasteiger partial charge in [0, 0.05) is 22.8 Å². The summed E-state index contributed by atoms with van der Waals surface area (Å²) in [5.74, 6) is 0.343. The first-order valence-electron chi connectivity index (χ1n) is 6.16. The Morgan fingerprint density at radius 1 is 0.857 bits per heavy atom. The molecule has 4 N–H and O–H groups in total. The Morgan fingerprint density at radius 2 is 1.24 bits per heavy atom. The predicted octanol–water partition coefficient (Wildman–Crippen LogP) is 2.43. The molecule has 0 atom stereocenters. The summed E-state index contributed by atoms with van der Waals surface area (Å²) in [4.78, 5) is 20.3. The van der Waals surface area contributed by atoms with E-state index in [0.29, 0.717) is 22.8 Å². The van der Waals surface area contributed by atoms with Crippen LogP contribution in [0, 0.1) is 0 Å². The predicted molar refractivity (Wildman–Crippen MR) is 86.3 cm³/mol. The molecule has 0 bridgehead atoms. The number of rotatable bonds is 4. The van der Waals surface area contributed by atoms with Gasteiger partial charge in [-0.2, -0.15) is 15.0 Å². The van der Waals surface area contributed by atoms with Crippen LogP contribution in [0.1, 0.15) is 27.7 Å². The highest BCUT2D eigenvalue weighted by Gasteiger charge is 2.04. The maximum absolute atomic E-state index is 5.85. The Kier molecular flexibility index (Phi) is 5.98. The highest BCUT2D eigenvalue weighted by molar-refractivity contribution is 6.28. The largest absolute Gasteiger partial charge is 0.402 e. The van der Waals surface area contributed by atoms with E-state index in [-0.39, 0.29) is 17.2 Å². The molecule has 0 aliphatic heterocycles. The van der Waals surface area contributed by atoms with Crippen LogP contribution in [0.4, 0.5) is 11.9 Å². The quantitative estimate of drug-likeness (QED) is 0.829. The molecule has 0 unspecified atom stereocenters. The van der Waals surface area contributed by atoms with E-state index >= 15 is 0 Å². The van der Waals surface area contributed by atoms with Gasteiger partial charge in [0.05, 0.1) is 0 Å². The number of nitrogens with zero attached hydrogens (tertiary/aromatic N) is 5. The van der Waals surface area contributed by atoms with E-state index in [0.717, 1.165) is 0 Å². The van der Waals surface area contributed by atoms with Gasteiger partial charge in [-0.05, 0) is 51.4 Å². The number of allylic oxidation sites excluding steroid dienone is 4. The second-order valence-electron chi connectivity index (χ2n) is 4.49. The number of nitrogens with two attached hydrogens (primary N) is 2. The van der Waals surface area contributed by atoms with Gasteiger partial charge in [0.15, 0.2) is 0 Å². The summed E-state index contributed by atoms with van der Waals surface area (Å²) in [7, 11) is 0. The molecule has 0 aromatic carbocycles. The maximum Gasteiger partial charge on any atom is 0.255 e. The lowest BCUT2D eigenvalue weighted by molar-refractivity contribution is 1.03. The highest BCUT2D eigenvalue weighted by Crippen LogP contribution is 2.15. The average Bonchev–Trinajstić information content (AvgIpc) is 2.24. The van der Waals surface area contributed by atoms with Crippen LogP contribution in [0.5, 0.6) is 0 Å². The van der Waals surface area contributed by atoms with Crippen molar-refractivity contribution < 1.29 is 0 Å². The zero-order chi connectivity index (χ0) is 16.0. The minimum atomic E-state index is 0.0185. The second kappa shape index (κ2) is 7.49. The molecule has 1 heterocycles. The number of aromatic nitrogens is 3. The van der Waals surface area contributed by atoms with Gasteiger partial charge in [-0.25, -0.2) is 9.98 Å². The Bertz CT molecular complexity index is 584. The van der Waals surface area contributed by atoms with Crippen LogP contribution in [0.3, 0.4) is 0 Å². The Balaban J connectivity index is 3.17. The lowest BCUT2D eigenvalue weighted by atomic mass is 10.3. The molecule has 0 aliphatic rings. The zero-order valence-corrected chi connectivity index (χ0v) is 13.2. The maximum atomic E-state index is 5.85. The van der Waals surface area contributed by atoms with Gasteiger partial charge in [-0.15, -0.1) is 0 Å². The molecule has 0 radical (unpaired) electrons. The molecular weight excluding hydrogens is 290 g/mol. The molecule has 0 saturated carbocycles. The van der Waals surface area contributed by atoms with Crippen LogP contribution in [0.25, 0.3) is 0 Å².